The van der Waals surface area contributed by atoms with Crippen molar-refractivity contribution in [2.24, 2.45) is 11.8 Å². The molecule has 0 saturated carbocycles. The molecule has 0 spiro atoms. The third-order valence-corrected chi connectivity index (χ3v) is 2.97. The first kappa shape index (κ1) is 9.81. The molecule has 12 heavy (non-hydrogen) atoms. The molecule has 1 atom stereocenters. The van der Waals surface area contributed by atoms with Gasteiger partial charge in [-0.3, -0.25) is 4.79 Å². The first-order chi connectivity index (χ1) is 5.27. The molecular formula is C8H14ClNO2. The lowest BCUT2D eigenvalue weighted by Gasteiger charge is -2.42. The Kier molecular flexibility index (Phi) is 2.96. The van der Waals surface area contributed by atoms with Crippen LogP contribution in [0.4, 0.5) is 0 Å². The van der Waals surface area contributed by atoms with Crippen molar-refractivity contribution >= 4 is 18.4 Å². The van der Waals surface area contributed by atoms with Gasteiger partial charge in [-0.2, -0.15) is 0 Å². The normalized spacial score (nSPS) is 38.8. The van der Waals surface area contributed by atoms with Crippen LogP contribution in [0.25, 0.3) is 0 Å². The predicted octanol–water partition coefficient (Wildman–Crippen LogP) is 0.835. The molecule has 3 aliphatic rings. The molecule has 3 nitrogen and oxygen atoms in total. The van der Waals surface area contributed by atoms with Crippen LogP contribution in [0.5, 0.6) is 0 Å². The maximum atomic E-state index is 10.7. The molecule has 3 saturated heterocycles. The van der Waals surface area contributed by atoms with Gasteiger partial charge in [-0.15, -0.1) is 12.4 Å². The Morgan fingerprint density at radius 1 is 1.33 bits per heavy atom. The van der Waals surface area contributed by atoms with E-state index in [1.807, 2.05) is 0 Å². The van der Waals surface area contributed by atoms with E-state index in [1.54, 1.807) is 0 Å². The van der Waals surface area contributed by atoms with Crippen LogP contribution in [-0.2, 0) is 4.79 Å². The van der Waals surface area contributed by atoms with Crippen LogP contribution in [0.1, 0.15) is 12.8 Å². The highest BCUT2D eigenvalue weighted by atomic mass is 35.5. The summed E-state index contributed by atoms with van der Waals surface area (Å²) in [6, 6.07) is 0. The number of aliphatic carboxylic acids is 1. The van der Waals surface area contributed by atoms with E-state index >= 15 is 0 Å². The van der Waals surface area contributed by atoms with Gasteiger partial charge in [-0.05, 0) is 31.8 Å². The van der Waals surface area contributed by atoms with E-state index < -0.39 is 5.97 Å². The van der Waals surface area contributed by atoms with E-state index in [2.05, 4.69) is 4.90 Å². The molecule has 0 aromatic rings. The summed E-state index contributed by atoms with van der Waals surface area (Å²) in [7, 11) is 0. The zero-order chi connectivity index (χ0) is 7.84. The highest BCUT2D eigenvalue weighted by Gasteiger charge is 2.37. The first-order valence-corrected chi connectivity index (χ1v) is 4.22. The van der Waals surface area contributed by atoms with Crippen molar-refractivity contribution in [3.05, 3.63) is 0 Å². The van der Waals surface area contributed by atoms with Crippen LogP contribution in [0, 0.1) is 11.8 Å². The van der Waals surface area contributed by atoms with Gasteiger partial charge in [0.25, 0.3) is 0 Å². The quantitative estimate of drug-likeness (QED) is 0.668. The zero-order valence-corrected chi connectivity index (χ0v) is 7.72. The molecule has 70 valence electrons. The Morgan fingerprint density at radius 3 is 2.17 bits per heavy atom. The van der Waals surface area contributed by atoms with Crippen molar-refractivity contribution in [1.29, 1.82) is 0 Å². The van der Waals surface area contributed by atoms with Crippen molar-refractivity contribution in [2.75, 3.05) is 19.6 Å². The highest BCUT2D eigenvalue weighted by Crippen LogP contribution is 2.32. The molecule has 0 radical (unpaired) electrons. The average Bonchev–Trinajstić information content (AvgIpc) is 2.06. The standard InChI is InChI=1S/C8H13NO2.ClH/c10-8(11)7-5-9-3-1-6(7)2-4-9;/h6-7H,1-5H2,(H,10,11);1H. The second-order valence-corrected chi connectivity index (χ2v) is 3.58. The highest BCUT2D eigenvalue weighted by molar-refractivity contribution is 5.85. The largest absolute Gasteiger partial charge is 0.481 e. The third-order valence-electron chi connectivity index (χ3n) is 2.97. The summed E-state index contributed by atoms with van der Waals surface area (Å²) in [5.74, 6) is -0.200. The lowest BCUT2D eigenvalue weighted by atomic mass is 9.79. The van der Waals surface area contributed by atoms with Gasteiger partial charge in [0.15, 0.2) is 0 Å². The number of hydrogen-bond acceptors (Lipinski definition) is 2. The number of fused-ring (bicyclic) bond motifs is 3. The Hall–Kier alpha value is -0.280. The monoisotopic (exact) mass is 191 g/mol. The van der Waals surface area contributed by atoms with E-state index in [9.17, 15) is 4.79 Å². The van der Waals surface area contributed by atoms with Gasteiger partial charge < -0.3 is 10.0 Å². The van der Waals surface area contributed by atoms with Gasteiger partial charge in [-0.1, -0.05) is 0 Å². The van der Waals surface area contributed by atoms with Crippen LogP contribution in [0.2, 0.25) is 0 Å². The molecule has 3 heterocycles. The Bertz CT molecular complexity index is 178. The molecule has 4 heteroatoms. The molecule has 0 amide bonds. The number of carboxylic acids is 1. The second-order valence-electron chi connectivity index (χ2n) is 3.58. The number of carbonyl (C=O) groups is 1. The predicted molar refractivity (Wildman–Crippen MR) is 47.5 cm³/mol. The van der Waals surface area contributed by atoms with Crippen LogP contribution in [-0.4, -0.2) is 35.6 Å². The third kappa shape index (κ3) is 1.57. The SMILES string of the molecule is Cl.O=C(O)C1CN2CCC1CC2. The molecule has 0 aromatic carbocycles. The van der Waals surface area contributed by atoms with E-state index in [0.29, 0.717) is 5.92 Å². The molecule has 1 unspecified atom stereocenters. The number of rotatable bonds is 1. The number of nitrogens with zero attached hydrogens (tertiary/aromatic N) is 1. The van der Waals surface area contributed by atoms with E-state index in [4.69, 9.17) is 5.11 Å². The van der Waals surface area contributed by atoms with Gasteiger partial charge >= 0.3 is 5.97 Å². The van der Waals surface area contributed by atoms with Gasteiger partial charge in [-0.25, -0.2) is 0 Å². The minimum atomic E-state index is -0.598. The van der Waals surface area contributed by atoms with Crippen molar-refractivity contribution in [3.8, 4) is 0 Å². The number of hydrogen-bond donors (Lipinski definition) is 1. The topological polar surface area (TPSA) is 40.5 Å². The summed E-state index contributed by atoms with van der Waals surface area (Å²) in [5, 5.41) is 8.83. The Balaban J connectivity index is 0.000000720. The van der Waals surface area contributed by atoms with E-state index in [-0.39, 0.29) is 18.3 Å². The summed E-state index contributed by atoms with van der Waals surface area (Å²) >= 11 is 0. The van der Waals surface area contributed by atoms with Gasteiger partial charge in [0, 0.05) is 6.54 Å². The Labute approximate surface area is 78.2 Å². The smallest absolute Gasteiger partial charge is 0.308 e. The number of carboxylic acid groups (broad SMARTS) is 1. The summed E-state index contributed by atoms with van der Waals surface area (Å²) in [6.45, 7) is 3.03. The molecule has 3 rings (SSSR count). The maximum Gasteiger partial charge on any atom is 0.308 e. The molecule has 1 N–H and O–H groups in total. The zero-order valence-electron chi connectivity index (χ0n) is 6.90. The molecule has 0 aromatic heterocycles. The summed E-state index contributed by atoms with van der Waals surface area (Å²) < 4.78 is 0. The fraction of sp³-hybridized carbons (Fsp3) is 0.875. The number of halogens is 1. The van der Waals surface area contributed by atoms with Gasteiger partial charge in [0.05, 0.1) is 5.92 Å². The van der Waals surface area contributed by atoms with Crippen LogP contribution < -0.4 is 0 Å². The average molecular weight is 192 g/mol. The van der Waals surface area contributed by atoms with Crippen LogP contribution in [0.15, 0.2) is 0 Å². The molecule has 3 aliphatic heterocycles. The summed E-state index contributed by atoms with van der Waals surface area (Å²) in [6.07, 6.45) is 2.19. The van der Waals surface area contributed by atoms with Crippen molar-refractivity contribution in [2.45, 2.75) is 12.8 Å². The molecule has 2 bridgehead atoms. The molecule has 0 aliphatic carbocycles. The fourth-order valence-electron chi connectivity index (χ4n) is 2.24. The lowest BCUT2D eigenvalue weighted by molar-refractivity contribution is -0.148. The minimum absolute atomic E-state index is 0. The Morgan fingerprint density at radius 2 is 1.92 bits per heavy atom. The van der Waals surface area contributed by atoms with Crippen molar-refractivity contribution in [1.82, 2.24) is 4.90 Å². The maximum absolute atomic E-state index is 10.7. The minimum Gasteiger partial charge on any atom is -0.481 e. The lowest BCUT2D eigenvalue weighted by Crippen LogP contribution is -2.49. The second kappa shape index (κ2) is 3.62. The fourth-order valence-corrected chi connectivity index (χ4v) is 2.24. The van der Waals surface area contributed by atoms with Gasteiger partial charge in [0.1, 0.15) is 0 Å². The molecular weight excluding hydrogens is 178 g/mol. The summed E-state index contributed by atoms with van der Waals surface area (Å²) in [5.41, 5.74) is 0. The number of piperidine rings is 3. The van der Waals surface area contributed by atoms with E-state index in [1.165, 1.54) is 0 Å². The van der Waals surface area contributed by atoms with Gasteiger partial charge in [0.2, 0.25) is 0 Å². The van der Waals surface area contributed by atoms with Crippen molar-refractivity contribution < 1.29 is 9.90 Å². The first-order valence-electron chi connectivity index (χ1n) is 4.22. The van der Waals surface area contributed by atoms with E-state index in [0.717, 1.165) is 32.5 Å². The van der Waals surface area contributed by atoms with Crippen LogP contribution >= 0.6 is 12.4 Å². The van der Waals surface area contributed by atoms with Crippen molar-refractivity contribution in [3.63, 3.8) is 0 Å². The summed E-state index contributed by atoms with van der Waals surface area (Å²) in [4.78, 5) is 13.0. The molecule has 3 fully saturated rings. The van der Waals surface area contributed by atoms with Crippen LogP contribution in [0.3, 0.4) is 0 Å².